The Labute approximate surface area is 128 Å². The van der Waals surface area contributed by atoms with Gasteiger partial charge in [-0.15, -0.1) is 4.28 Å². The Balaban J connectivity index is 2.05. The maximum Gasteiger partial charge on any atom is 0.418 e. The van der Waals surface area contributed by atoms with Gasteiger partial charge in [0.25, 0.3) is 0 Å². The summed E-state index contributed by atoms with van der Waals surface area (Å²) >= 11 is 0. The molecule has 2 aliphatic heterocycles. The molecule has 1 saturated heterocycles. The summed E-state index contributed by atoms with van der Waals surface area (Å²) in [5, 5.41) is 4.66. The van der Waals surface area contributed by atoms with E-state index in [9.17, 15) is 13.2 Å². The third kappa shape index (κ3) is 3.85. The van der Waals surface area contributed by atoms with Crippen molar-refractivity contribution in [2.75, 3.05) is 19.6 Å². The van der Waals surface area contributed by atoms with Gasteiger partial charge in [0.2, 0.25) is 0 Å². The molecule has 2 amide bonds. The summed E-state index contributed by atoms with van der Waals surface area (Å²) in [6.45, 7) is 2.62. The highest BCUT2D eigenvalue weighted by Crippen LogP contribution is 2.24. The normalized spacial score (nSPS) is 26.1. The van der Waals surface area contributed by atoms with Crippen molar-refractivity contribution in [1.29, 1.82) is 0 Å². The number of hydroxylamine groups is 2. The van der Waals surface area contributed by atoms with Crippen LogP contribution in [0.4, 0.5) is 4.79 Å². The van der Waals surface area contributed by atoms with Gasteiger partial charge in [-0.2, -0.15) is 13.5 Å². The second-order valence-corrected chi connectivity index (χ2v) is 6.07. The quantitative estimate of drug-likeness (QED) is 0.637. The molecule has 0 radical (unpaired) electrons. The minimum atomic E-state index is -4.73. The zero-order chi connectivity index (χ0) is 16.3. The van der Waals surface area contributed by atoms with Crippen molar-refractivity contribution >= 4 is 22.1 Å². The van der Waals surface area contributed by atoms with Crippen LogP contribution in [0.25, 0.3) is 0 Å². The second kappa shape index (κ2) is 6.77. The molecule has 1 fully saturated rings. The molecule has 10 nitrogen and oxygen atoms in total. The van der Waals surface area contributed by atoms with Crippen molar-refractivity contribution in [3.8, 4) is 0 Å². The number of urea groups is 1. The first-order valence-electron chi connectivity index (χ1n) is 7.03. The molecule has 2 aliphatic rings. The molecular weight excluding hydrogens is 316 g/mol. The third-order valence-corrected chi connectivity index (χ3v) is 3.96. The van der Waals surface area contributed by atoms with Crippen LogP contribution in [0.3, 0.4) is 0 Å². The van der Waals surface area contributed by atoms with Crippen LogP contribution in [0.2, 0.25) is 0 Å². The Morgan fingerprint density at radius 2 is 2.27 bits per heavy atom. The smallest absolute Gasteiger partial charge is 0.392 e. The zero-order valence-corrected chi connectivity index (χ0v) is 13.0. The number of nitrogens with zero attached hydrogens (tertiary/aromatic N) is 3. The molecule has 0 aromatic heterocycles. The molecule has 126 valence electrons. The van der Waals surface area contributed by atoms with E-state index in [-0.39, 0.29) is 18.7 Å². The van der Waals surface area contributed by atoms with Gasteiger partial charge >= 0.3 is 16.4 Å². The molecule has 0 aromatic carbocycles. The van der Waals surface area contributed by atoms with E-state index in [4.69, 9.17) is 15.1 Å². The number of amides is 2. The summed E-state index contributed by atoms with van der Waals surface area (Å²) in [5.41, 5.74) is 6.22. The van der Waals surface area contributed by atoms with Gasteiger partial charge in [0.1, 0.15) is 6.10 Å². The minimum Gasteiger partial charge on any atom is -0.392 e. The van der Waals surface area contributed by atoms with Gasteiger partial charge < -0.3 is 15.5 Å². The van der Waals surface area contributed by atoms with E-state index in [0.29, 0.717) is 37.4 Å². The largest absolute Gasteiger partial charge is 0.418 e. The lowest BCUT2D eigenvalue weighted by Crippen LogP contribution is -2.57. The van der Waals surface area contributed by atoms with Crippen molar-refractivity contribution in [3.05, 3.63) is 0 Å². The van der Waals surface area contributed by atoms with Crippen LogP contribution >= 0.6 is 0 Å². The standard InChI is InChI=1S/C11H20N4O6S/c1-2-14-10(9-7-8(3-5-12)20-13-9)4-6-15(11(14)16)21-22(17,18)19/h8,10H,2-7,12H2,1H3,(H,17,18,19)/t8?,10-/m0/s1. The van der Waals surface area contributed by atoms with Crippen LogP contribution in [0.5, 0.6) is 0 Å². The van der Waals surface area contributed by atoms with E-state index in [1.54, 1.807) is 6.92 Å². The van der Waals surface area contributed by atoms with Crippen LogP contribution in [-0.4, -0.2) is 66.5 Å². The number of carbonyl (C=O) groups is 1. The van der Waals surface area contributed by atoms with Gasteiger partial charge in [-0.3, -0.25) is 4.55 Å². The van der Waals surface area contributed by atoms with Crippen LogP contribution < -0.4 is 5.73 Å². The summed E-state index contributed by atoms with van der Waals surface area (Å²) < 4.78 is 34.5. The van der Waals surface area contributed by atoms with Gasteiger partial charge in [0, 0.05) is 13.0 Å². The molecule has 22 heavy (non-hydrogen) atoms. The Hall–Kier alpha value is -1.43. The van der Waals surface area contributed by atoms with Gasteiger partial charge in [0.15, 0.2) is 0 Å². The van der Waals surface area contributed by atoms with E-state index < -0.39 is 16.4 Å². The lowest BCUT2D eigenvalue weighted by molar-refractivity contribution is -0.0519. The van der Waals surface area contributed by atoms with Gasteiger partial charge in [-0.1, -0.05) is 5.16 Å². The number of rotatable bonds is 6. The average molecular weight is 336 g/mol. The lowest BCUT2D eigenvalue weighted by atomic mass is 9.99. The molecule has 0 aliphatic carbocycles. The fraction of sp³-hybridized carbons (Fsp3) is 0.818. The number of carbonyl (C=O) groups excluding carboxylic acids is 1. The second-order valence-electron chi connectivity index (χ2n) is 5.07. The van der Waals surface area contributed by atoms with Gasteiger partial charge in [0.05, 0.1) is 18.3 Å². The SMILES string of the molecule is CCN1C(=O)N(OS(=O)(=O)O)CC[C@H]1C1=NOC(CCN)C1. The number of oxime groups is 1. The third-order valence-electron chi connectivity index (χ3n) is 3.59. The average Bonchev–Trinajstić information content (AvgIpc) is 2.88. The summed E-state index contributed by atoms with van der Waals surface area (Å²) in [5.74, 6) is 0. The predicted octanol–water partition coefficient (Wildman–Crippen LogP) is -0.269. The van der Waals surface area contributed by atoms with Crippen LogP contribution in [0, 0.1) is 0 Å². The highest BCUT2D eigenvalue weighted by atomic mass is 32.3. The Kier molecular flexibility index (Phi) is 5.21. The lowest BCUT2D eigenvalue weighted by Gasteiger charge is -2.38. The molecular formula is C11H20N4O6S. The highest BCUT2D eigenvalue weighted by Gasteiger charge is 2.40. The molecule has 0 bridgehead atoms. The molecule has 1 unspecified atom stereocenters. The number of hydrogen-bond acceptors (Lipinski definition) is 7. The van der Waals surface area contributed by atoms with E-state index in [1.807, 2.05) is 0 Å². The maximum absolute atomic E-state index is 12.2. The van der Waals surface area contributed by atoms with E-state index in [0.717, 1.165) is 5.71 Å². The van der Waals surface area contributed by atoms with E-state index in [1.165, 1.54) is 4.90 Å². The fourth-order valence-corrected chi connectivity index (χ4v) is 3.01. The maximum atomic E-state index is 12.2. The first kappa shape index (κ1) is 16.9. The number of nitrogens with two attached hydrogens (primary N) is 1. The van der Waals surface area contributed by atoms with Crippen molar-refractivity contribution < 1.29 is 26.9 Å². The van der Waals surface area contributed by atoms with Crippen LogP contribution in [-0.2, 0) is 19.5 Å². The summed E-state index contributed by atoms with van der Waals surface area (Å²) in [7, 11) is -4.73. The fourth-order valence-electron chi connectivity index (χ4n) is 2.64. The van der Waals surface area contributed by atoms with Crippen molar-refractivity contribution in [1.82, 2.24) is 9.96 Å². The number of hydrogen-bond donors (Lipinski definition) is 2. The summed E-state index contributed by atoms with van der Waals surface area (Å²) in [4.78, 5) is 19.0. The van der Waals surface area contributed by atoms with Crippen LogP contribution in [0.1, 0.15) is 26.2 Å². The zero-order valence-electron chi connectivity index (χ0n) is 12.2. The Morgan fingerprint density at radius 1 is 1.55 bits per heavy atom. The molecule has 2 rings (SSSR count). The van der Waals surface area contributed by atoms with Gasteiger partial charge in [-0.05, 0) is 26.3 Å². The van der Waals surface area contributed by atoms with Crippen molar-refractivity contribution in [2.45, 2.75) is 38.3 Å². The molecule has 2 heterocycles. The topological polar surface area (TPSA) is 135 Å². The minimum absolute atomic E-state index is 0.0281. The first-order valence-corrected chi connectivity index (χ1v) is 8.40. The first-order chi connectivity index (χ1) is 10.4. The summed E-state index contributed by atoms with van der Waals surface area (Å²) in [6.07, 6.45) is 1.61. The van der Waals surface area contributed by atoms with Crippen molar-refractivity contribution in [2.24, 2.45) is 10.9 Å². The predicted molar refractivity (Wildman–Crippen MR) is 76.1 cm³/mol. The molecule has 0 saturated carbocycles. The Bertz CT molecular complexity index is 551. The summed E-state index contributed by atoms with van der Waals surface area (Å²) in [6, 6.07) is -0.914. The molecule has 2 atom stereocenters. The van der Waals surface area contributed by atoms with E-state index in [2.05, 4.69) is 9.44 Å². The highest BCUT2D eigenvalue weighted by molar-refractivity contribution is 7.80. The van der Waals surface area contributed by atoms with Gasteiger partial charge in [-0.25, -0.2) is 4.79 Å². The van der Waals surface area contributed by atoms with Crippen molar-refractivity contribution in [3.63, 3.8) is 0 Å². The molecule has 11 heteroatoms. The van der Waals surface area contributed by atoms with E-state index >= 15 is 0 Å². The molecule has 3 N–H and O–H groups in total. The van der Waals surface area contributed by atoms with Crippen LogP contribution in [0.15, 0.2) is 5.16 Å². The molecule has 0 aromatic rings. The monoisotopic (exact) mass is 336 g/mol. The Morgan fingerprint density at radius 3 is 2.86 bits per heavy atom. The molecule has 0 spiro atoms.